The Hall–Kier alpha value is -1.85. The van der Waals surface area contributed by atoms with E-state index in [1.54, 1.807) is 30.5 Å². The number of rotatable bonds is 3. The molecule has 0 aliphatic carbocycles. The molecule has 2 aromatic rings. The molecule has 0 spiro atoms. The van der Waals surface area contributed by atoms with Crippen LogP contribution in [0.5, 0.6) is 0 Å². The maximum atomic E-state index is 12.5. The predicted octanol–water partition coefficient (Wildman–Crippen LogP) is 4.27. The number of hydrogen-bond donors (Lipinski definition) is 1. The zero-order valence-electron chi connectivity index (χ0n) is 13.3. The van der Waals surface area contributed by atoms with Gasteiger partial charge in [-0.3, -0.25) is 4.79 Å². The van der Waals surface area contributed by atoms with Crippen molar-refractivity contribution in [2.75, 3.05) is 23.3 Å². The molecular weight excluding hydrogens is 347 g/mol. The summed E-state index contributed by atoms with van der Waals surface area (Å²) in [5.41, 5.74) is 0.759. The van der Waals surface area contributed by atoms with E-state index < -0.39 is 0 Å². The fourth-order valence-electron chi connectivity index (χ4n) is 2.78. The monoisotopic (exact) mass is 364 g/mol. The van der Waals surface area contributed by atoms with Crippen LogP contribution < -0.4 is 10.2 Å². The van der Waals surface area contributed by atoms with E-state index in [1.165, 1.54) is 6.42 Å². The lowest BCUT2D eigenvalue weighted by molar-refractivity contribution is 0.102. The average molecular weight is 365 g/mol. The van der Waals surface area contributed by atoms with E-state index in [4.69, 9.17) is 23.2 Å². The molecule has 0 bridgehead atoms. The van der Waals surface area contributed by atoms with Crippen molar-refractivity contribution in [1.82, 2.24) is 9.97 Å². The second-order valence-electron chi connectivity index (χ2n) is 6.01. The summed E-state index contributed by atoms with van der Waals surface area (Å²) in [5, 5.41) is 3.67. The van der Waals surface area contributed by atoms with Gasteiger partial charge in [0.2, 0.25) is 5.95 Å². The van der Waals surface area contributed by atoms with E-state index in [1.807, 2.05) is 0 Å². The van der Waals surface area contributed by atoms with Gasteiger partial charge in [-0.2, -0.15) is 0 Å². The van der Waals surface area contributed by atoms with Crippen molar-refractivity contribution in [3.63, 3.8) is 0 Å². The van der Waals surface area contributed by atoms with E-state index in [9.17, 15) is 4.79 Å². The molecular formula is C17H18Cl2N4O. The van der Waals surface area contributed by atoms with Crippen molar-refractivity contribution in [2.45, 2.75) is 19.8 Å². The molecule has 1 fully saturated rings. The van der Waals surface area contributed by atoms with Gasteiger partial charge in [0, 0.05) is 24.3 Å². The zero-order chi connectivity index (χ0) is 17.1. The third-order valence-electron chi connectivity index (χ3n) is 3.99. The summed E-state index contributed by atoms with van der Waals surface area (Å²) in [6.07, 6.45) is 3.93. The van der Waals surface area contributed by atoms with Crippen LogP contribution in [0.1, 0.15) is 30.3 Å². The molecule has 1 unspecified atom stereocenters. The van der Waals surface area contributed by atoms with Crippen LogP contribution in [0.25, 0.3) is 0 Å². The first-order valence-electron chi connectivity index (χ1n) is 7.87. The molecule has 1 aliphatic rings. The molecule has 0 radical (unpaired) electrons. The lowest BCUT2D eigenvalue weighted by Crippen LogP contribution is -2.35. The summed E-state index contributed by atoms with van der Waals surface area (Å²) in [6.45, 7) is 4.03. The number of aromatic nitrogens is 2. The van der Waals surface area contributed by atoms with Gasteiger partial charge in [0.15, 0.2) is 0 Å². The second-order valence-corrected chi connectivity index (χ2v) is 6.86. The van der Waals surface area contributed by atoms with Gasteiger partial charge >= 0.3 is 0 Å². The molecule has 1 aliphatic heterocycles. The second kappa shape index (κ2) is 7.36. The van der Waals surface area contributed by atoms with E-state index >= 15 is 0 Å². The molecule has 0 saturated carbocycles. The van der Waals surface area contributed by atoms with E-state index in [2.05, 4.69) is 27.1 Å². The quantitative estimate of drug-likeness (QED) is 0.883. The van der Waals surface area contributed by atoms with Crippen LogP contribution in [0.3, 0.4) is 0 Å². The van der Waals surface area contributed by atoms with Crippen molar-refractivity contribution in [1.29, 1.82) is 0 Å². The molecule has 24 heavy (non-hydrogen) atoms. The minimum absolute atomic E-state index is 0.300. The van der Waals surface area contributed by atoms with Crippen molar-refractivity contribution >= 4 is 40.7 Å². The van der Waals surface area contributed by atoms with Crippen molar-refractivity contribution < 1.29 is 4.79 Å². The highest BCUT2D eigenvalue weighted by atomic mass is 35.5. The molecule has 1 saturated heterocycles. The molecule has 1 aromatic heterocycles. The molecule has 126 valence electrons. The van der Waals surface area contributed by atoms with Crippen LogP contribution in [0, 0.1) is 5.92 Å². The Morgan fingerprint density at radius 3 is 2.96 bits per heavy atom. The first kappa shape index (κ1) is 17.0. The van der Waals surface area contributed by atoms with Crippen LogP contribution in [0.4, 0.5) is 11.6 Å². The third-order valence-corrected chi connectivity index (χ3v) is 4.56. The number of amides is 1. The first-order chi connectivity index (χ1) is 11.5. The van der Waals surface area contributed by atoms with Crippen molar-refractivity contribution in [3.8, 4) is 0 Å². The number of hydrogen-bond acceptors (Lipinski definition) is 4. The van der Waals surface area contributed by atoms with Gasteiger partial charge in [-0.05, 0) is 43.0 Å². The van der Waals surface area contributed by atoms with Crippen LogP contribution in [-0.4, -0.2) is 29.0 Å². The number of halogens is 2. The summed E-state index contributed by atoms with van der Waals surface area (Å²) in [6, 6.07) is 6.50. The highest BCUT2D eigenvalue weighted by molar-refractivity contribution is 6.35. The number of anilines is 2. The Balaban J connectivity index is 1.78. The van der Waals surface area contributed by atoms with Crippen LogP contribution in [0.15, 0.2) is 30.5 Å². The van der Waals surface area contributed by atoms with Gasteiger partial charge in [0.25, 0.3) is 5.91 Å². The Bertz CT molecular complexity index is 753. The molecule has 5 nitrogen and oxygen atoms in total. The standard InChI is InChI=1S/C17H18Cl2N4O/c1-11-3-2-8-23(10-11)17-20-7-6-14(22-17)16(24)21-15-9-12(18)4-5-13(15)19/h4-7,9,11H,2-3,8,10H2,1H3,(H,21,24). The normalized spacial score (nSPS) is 17.6. The summed E-state index contributed by atoms with van der Waals surface area (Å²) in [7, 11) is 0. The van der Waals surface area contributed by atoms with Gasteiger partial charge in [0.1, 0.15) is 5.69 Å². The predicted molar refractivity (Wildman–Crippen MR) is 97.1 cm³/mol. The Labute approximate surface area is 151 Å². The number of piperidine rings is 1. The minimum Gasteiger partial charge on any atom is -0.341 e. The molecule has 1 N–H and O–H groups in total. The Morgan fingerprint density at radius 2 is 2.17 bits per heavy atom. The molecule has 3 rings (SSSR count). The van der Waals surface area contributed by atoms with Gasteiger partial charge in [-0.25, -0.2) is 9.97 Å². The van der Waals surface area contributed by atoms with Gasteiger partial charge < -0.3 is 10.2 Å². The number of nitrogens with one attached hydrogen (secondary N) is 1. The van der Waals surface area contributed by atoms with Gasteiger partial charge in [0.05, 0.1) is 10.7 Å². The van der Waals surface area contributed by atoms with Crippen LogP contribution >= 0.6 is 23.2 Å². The van der Waals surface area contributed by atoms with E-state index in [-0.39, 0.29) is 5.91 Å². The highest BCUT2D eigenvalue weighted by Crippen LogP contribution is 2.26. The zero-order valence-corrected chi connectivity index (χ0v) is 14.8. The number of benzene rings is 1. The Kier molecular flexibility index (Phi) is 5.21. The molecule has 1 amide bonds. The fraction of sp³-hybridized carbons (Fsp3) is 0.353. The van der Waals surface area contributed by atoms with Crippen molar-refractivity contribution in [2.24, 2.45) is 5.92 Å². The maximum Gasteiger partial charge on any atom is 0.274 e. The van der Waals surface area contributed by atoms with Crippen molar-refractivity contribution in [3.05, 3.63) is 46.2 Å². The average Bonchev–Trinajstić information content (AvgIpc) is 2.58. The summed E-state index contributed by atoms with van der Waals surface area (Å²) < 4.78 is 0. The largest absolute Gasteiger partial charge is 0.341 e. The summed E-state index contributed by atoms with van der Waals surface area (Å²) in [5.74, 6) is 0.851. The lowest BCUT2D eigenvalue weighted by atomic mass is 10.0. The number of carbonyl (C=O) groups excluding carboxylic acids is 1. The first-order valence-corrected chi connectivity index (χ1v) is 8.63. The summed E-state index contributed by atoms with van der Waals surface area (Å²) in [4.78, 5) is 23.3. The van der Waals surface area contributed by atoms with E-state index in [0.29, 0.717) is 33.3 Å². The topological polar surface area (TPSA) is 58.1 Å². The smallest absolute Gasteiger partial charge is 0.274 e. The van der Waals surface area contributed by atoms with Crippen LogP contribution in [-0.2, 0) is 0 Å². The fourth-order valence-corrected chi connectivity index (χ4v) is 3.11. The molecule has 1 aromatic carbocycles. The minimum atomic E-state index is -0.340. The van der Waals surface area contributed by atoms with Crippen LogP contribution in [0.2, 0.25) is 10.0 Å². The molecule has 1 atom stereocenters. The number of nitrogens with zero attached hydrogens (tertiary/aromatic N) is 3. The maximum absolute atomic E-state index is 12.5. The molecule has 2 heterocycles. The third kappa shape index (κ3) is 3.97. The summed E-state index contributed by atoms with van der Waals surface area (Å²) >= 11 is 12.0. The van der Waals surface area contributed by atoms with Gasteiger partial charge in [-0.1, -0.05) is 30.1 Å². The van der Waals surface area contributed by atoms with E-state index in [0.717, 1.165) is 19.5 Å². The molecule has 7 heteroatoms. The number of carbonyl (C=O) groups is 1. The SMILES string of the molecule is CC1CCCN(c2nccc(C(=O)Nc3cc(Cl)ccc3Cl)n2)C1. The van der Waals surface area contributed by atoms with Gasteiger partial charge in [-0.15, -0.1) is 0 Å². The lowest BCUT2D eigenvalue weighted by Gasteiger charge is -2.30. The highest BCUT2D eigenvalue weighted by Gasteiger charge is 2.20. The Morgan fingerprint density at radius 1 is 1.33 bits per heavy atom.